The fourth-order valence-electron chi connectivity index (χ4n) is 2.37. The van der Waals surface area contributed by atoms with Crippen molar-refractivity contribution in [2.45, 2.75) is 24.5 Å². The van der Waals surface area contributed by atoms with Crippen LogP contribution in [0.1, 0.15) is 12.8 Å². The van der Waals surface area contributed by atoms with E-state index in [1.54, 1.807) is 12.2 Å². The monoisotopic (exact) mass is 265 g/mol. The molecule has 0 aromatic carbocycles. The number of aromatic amines is 2. The van der Waals surface area contributed by atoms with Crippen LogP contribution in [0.4, 0.5) is 0 Å². The molecule has 0 bridgehead atoms. The third kappa shape index (κ3) is 2.24. The molecule has 1 aromatic heterocycles. The minimum Gasteiger partial charge on any atom is -0.371 e. The molecule has 0 amide bonds. The number of nitrogens with one attached hydrogen (secondary N) is 2. The number of nitrogens with zero attached hydrogens (tertiary/aromatic N) is 1. The molecule has 2 heterocycles. The molecule has 0 radical (unpaired) electrons. The third-order valence-electron chi connectivity index (χ3n) is 3.22. The van der Waals surface area contributed by atoms with Crippen LogP contribution in [0.25, 0.3) is 0 Å². The second kappa shape index (κ2) is 4.85. The van der Waals surface area contributed by atoms with Crippen LogP contribution in [0.2, 0.25) is 0 Å². The Hall–Kier alpha value is -2.15. The highest BCUT2D eigenvalue weighted by molar-refractivity contribution is 5.06. The summed E-state index contributed by atoms with van der Waals surface area (Å²) < 4.78 is 6.27. The Balaban J connectivity index is 2.71. The maximum Gasteiger partial charge on any atom is 0.334 e. The Morgan fingerprint density at radius 2 is 1.68 bits per heavy atom. The van der Waals surface area contributed by atoms with Gasteiger partial charge in [-0.25, -0.2) is 19.0 Å². The highest BCUT2D eigenvalue weighted by Crippen LogP contribution is 2.36. The first-order valence-electron chi connectivity index (χ1n) is 5.84. The van der Waals surface area contributed by atoms with E-state index >= 15 is 0 Å². The van der Waals surface area contributed by atoms with Gasteiger partial charge in [0, 0.05) is 0 Å². The zero-order valence-electron chi connectivity index (χ0n) is 10.3. The summed E-state index contributed by atoms with van der Waals surface area (Å²) >= 11 is 0. The van der Waals surface area contributed by atoms with Crippen molar-refractivity contribution in [3.05, 3.63) is 56.8 Å². The van der Waals surface area contributed by atoms with Gasteiger partial charge in [0.15, 0.2) is 0 Å². The Labute approximate surface area is 108 Å². The van der Waals surface area contributed by atoms with Crippen LogP contribution < -0.4 is 17.1 Å². The maximum atomic E-state index is 12.0. The van der Waals surface area contributed by atoms with Crippen LogP contribution in [0, 0.1) is 0 Å². The van der Waals surface area contributed by atoms with Crippen molar-refractivity contribution in [3.8, 4) is 0 Å². The minimum absolute atomic E-state index is 0.270. The largest absolute Gasteiger partial charge is 0.371 e. The number of H-pyrrole nitrogens is 2. The highest BCUT2D eigenvalue weighted by Gasteiger charge is 2.48. The van der Waals surface area contributed by atoms with Crippen molar-refractivity contribution >= 4 is 0 Å². The van der Waals surface area contributed by atoms with E-state index in [-0.39, 0.29) is 6.10 Å². The molecular formula is C12H15N3O4. The molecule has 1 aliphatic heterocycles. The molecule has 7 heteroatoms. The summed E-state index contributed by atoms with van der Waals surface area (Å²) in [6.45, 7) is 7.75. The van der Waals surface area contributed by atoms with Crippen LogP contribution in [0.3, 0.4) is 0 Å². The Kier molecular flexibility index (Phi) is 3.39. The fraction of sp³-hybridized carbons (Fsp3) is 0.417. The predicted octanol–water partition coefficient (Wildman–Crippen LogP) is -0.529. The molecule has 0 aliphatic carbocycles. The lowest BCUT2D eigenvalue weighted by Gasteiger charge is -2.31. The summed E-state index contributed by atoms with van der Waals surface area (Å²) in [5.74, 6) is 0. The molecule has 2 N–H and O–H groups in total. The lowest BCUT2D eigenvalue weighted by atomic mass is 9.87. The molecule has 1 atom stereocenters. The summed E-state index contributed by atoms with van der Waals surface area (Å²) in [4.78, 5) is 39.1. The molecule has 1 fully saturated rings. The van der Waals surface area contributed by atoms with Gasteiger partial charge in [-0.3, -0.25) is 9.97 Å². The molecule has 7 nitrogen and oxygen atoms in total. The average molecular weight is 265 g/mol. The first-order valence-corrected chi connectivity index (χ1v) is 5.84. The van der Waals surface area contributed by atoms with Crippen molar-refractivity contribution in [2.24, 2.45) is 0 Å². The van der Waals surface area contributed by atoms with E-state index in [1.165, 1.54) is 0 Å². The van der Waals surface area contributed by atoms with Crippen LogP contribution >= 0.6 is 0 Å². The van der Waals surface area contributed by atoms with Gasteiger partial charge in [0.05, 0.1) is 12.1 Å². The standard InChI is InChI=1S/C12H15N3O4/c1-3-5-12(6-4-2,8-7-19-8)15-10(17)13-9(16)14-11(15)18/h3-4,8H,1-2,5-7H2,(H2,13,14,16,17,18). The summed E-state index contributed by atoms with van der Waals surface area (Å²) in [5, 5.41) is 0. The second-order valence-corrected chi connectivity index (χ2v) is 4.44. The minimum atomic E-state index is -0.891. The fourth-order valence-corrected chi connectivity index (χ4v) is 2.37. The molecule has 102 valence electrons. The van der Waals surface area contributed by atoms with Gasteiger partial charge in [0.25, 0.3) is 0 Å². The Morgan fingerprint density at radius 3 is 2.05 bits per heavy atom. The van der Waals surface area contributed by atoms with E-state index in [0.717, 1.165) is 4.57 Å². The van der Waals surface area contributed by atoms with Crippen molar-refractivity contribution in [1.82, 2.24) is 14.5 Å². The molecule has 0 saturated carbocycles. The van der Waals surface area contributed by atoms with Gasteiger partial charge >= 0.3 is 17.1 Å². The molecule has 1 unspecified atom stereocenters. The van der Waals surface area contributed by atoms with Gasteiger partial charge in [-0.05, 0) is 12.8 Å². The maximum absolute atomic E-state index is 12.0. The topological polar surface area (TPSA) is 100 Å². The van der Waals surface area contributed by atoms with E-state index in [0.29, 0.717) is 19.4 Å². The number of allylic oxidation sites excluding steroid dienone is 2. The van der Waals surface area contributed by atoms with E-state index in [9.17, 15) is 14.4 Å². The van der Waals surface area contributed by atoms with E-state index in [1.807, 2.05) is 0 Å². The van der Waals surface area contributed by atoms with E-state index < -0.39 is 22.6 Å². The first-order chi connectivity index (χ1) is 9.05. The van der Waals surface area contributed by atoms with Gasteiger partial charge < -0.3 is 4.74 Å². The smallest absolute Gasteiger partial charge is 0.334 e. The van der Waals surface area contributed by atoms with Crippen molar-refractivity contribution < 1.29 is 4.74 Å². The molecule has 1 aromatic rings. The Bertz CT molecular complexity index is 618. The van der Waals surface area contributed by atoms with Gasteiger partial charge in [0.1, 0.15) is 6.10 Å². The molecular weight excluding hydrogens is 250 g/mol. The zero-order valence-corrected chi connectivity index (χ0v) is 10.3. The van der Waals surface area contributed by atoms with Crippen molar-refractivity contribution in [3.63, 3.8) is 0 Å². The van der Waals surface area contributed by atoms with Crippen LogP contribution in [0.5, 0.6) is 0 Å². The quantitative estimate of drug-likeness (QED) is 0.533. The normalized spacial score (nSPS) is 18.0. The van der Waals surface area contributed by atoms with Gasteiger partial charge in [-0.15, -0.1) is 13.2 Å². The lowest BCUT2D eigenvalue weighted by molar-refractivity contribution is 0.187. The summed E-state index contributed by atoms with van der Waals surface area (Å²) in [5.41, 5.74) is -3.23. The number of epoxide rings is 1. The molecule has 1 saturated heterocycles. The van der Waals surface area contributed by atoms with Gasteiger partial charge in [0.2, 0.25) is 0 Å². The van der Waals surface area contributed by atoms with Gasteiger partial charge in [-0.2, -0.15) is 0 Å². The van der Waals surface area contributed by atoms with Crippen LogP contribution in [0.15, 0.2) is 39.7 Å². The molecule has 1 aliphatic rings. The third-order valence-corrected chi connectivity index (χ3v) is 3.22. The molecule has 2 rings (SSSR count). The predicted molar refractivity (Wildman–Crippen MR) is 69.3 cm³/mol. The zero-order chi connectivity index (χ0) is 14.0. The number of hydrogen-bond donors (Lipinski definition) is 2. The van der Waals surface area contributed by atoms with Crippen LogP contribution in [-0.2, 0) is 10.3 Å². The van der Waals surface area contributed by atoms with E-state index in [4.69, 9.17) is 4.74 Å². The second-order valence-electron chi connectivity index (χ2n) is 4.44. The van der Waals surface area contributed by atoms with Gasteiger partial charge in [-0.1, -0.05) is 12.2 Å². The van der Waals surface area contributed by atoms with Crippen LogP contribution in [-0.4, -0.2) is 27.2 Å². The summed E-state index contributed by atoms with van der Waals surface area (Å²) in [6.07, 6.45) is 3.68. The number of aromatic nitrogens is 3. The van der Waals surface area contributed by atoms with E-state index in [2.05, 4.69) is 23.1 Å². The molecule has 0 spiro atoms. The summed E-state index contributed by atoms with van der Waals surface area (Å²) in [6, 6.07) is 0. The van der Waals surface area contributed by atoms with Crippen molar-refractivity contribution in [1.29, 1.82) is 0 Å². The summed E-state index contributed by atoms with van der Waals surface area (Å²) in [7, 11) is 0. The highest BCUT2D eigenvalue weighted by atomic mass is 16.6. The Morgan fingerprint density at radius 1 is 1.21 bits per heavy atom. The number of hydrogen-bond acceptors (Lipinski definition) is 4. The number of ether oxygens (including phenoxy) is 1. The molecule has 19 heavy (non-hydrogen) atoms. The van der Waals surface area contributed by atoms with Crippen molar-refractivity contribution in [2.75, 3.05) is 6.61 Å². The number of rotatable bonds is 6. The lowest BCUT2D eigenvalue weighted by Crippen LogP contribution is -2.55. The first kappa shape index (κ1) is 13.3. The average Bonchev–Trinajstić information content (AvgIpc) is 3.11. The SMILES string of the molecule is C=CCC(CC=C)(C1CO1)n1c(=O)[nH]c(=O)[nH]c1=O.